The third-order valence-electron chi connectivity index (χ3n) is 3.22. The van der Waals surface area contributed by atoms with Crippen LogP contribution in [0.25, 0.3) is 0 Å². The molecule has 90 valence electrons. The molecule has 0 bridgehead atoms. The van der Waals surface area contributed by atoms with Gasteiger partial charge in [0.1, 0.15) is 0 Å². The maximum absolute atomic E-state index is 3.50. The molecule has 0 saturated heterocycles. The van der Waals surface area contributed by atoms with Crippen molar-refractivity contribution in [1.29, 1.82) is 0 Å². The Kier molecular flexibility index (Phi) is 4.51. The highest BCUT2D eigenvalue weighted by molar-refractivity contribution is 5.21. The summed E-state index contributed by atoms with van der Waals surface area (Å²) in [6.07, 6.45) is 0. The minimum absolute atomic E-state index is 0.199. The highest BCUT2D eigenvalue weighted by atomic mass is 15.2. The first-order valence-electron chi connectivity index (χ1n) is 5.85. The number of likely N-dealkylation sites (N-methyl/N-ethyl adjacent to an activating group) is 1. The Morgan fingerprint density at radius 1 is 1.12 bits per heavy atom. The Balaban J connectivity index is 2.39. The molecule has 0 aliphatic carbocycles. The van der Waals surface area contributed by atoms with E-state index in [1.165, 1.54) is 11.1 Å². The van der Waals surface area contributed by atoms with Crippen LogP contribution in [0, 0.1) is 6.92 Å². The minimum atomic E-state index is 0.199. The molecule has 0 aliphatic heterocycles. The van der Waals surface area contributed by atoms with E-state index >= 15 is 0 Å². The maximum Gasteiger partial charge on any atom is 0.0271 e. The quantitative estimate of drug-likeness (QED) is 0.820. The van der Waals surface area contributed by atoms with Gasteiger partial charge in [0.05, 0.1) is 0 Å². The fourth-order valence-corrected chi connectivity index (χ4v) is 1.38. The van der Waals surface area contributed by atoms with Crippen LogP contribution in [0.2, 0.25) is 0 Å². The van der Waals surface area contributed by atoms with E-state index in [0.717, 1.165) is 13.1 Å². The van der Waals surface area contributed by atoms with Gasteiger partial charge in [-0.2, -0.15) is 0 Å². The number of rotatable bonds is 5. The molecule has 0 aromatic heterocycles. The third kappa shape index (κ3) is 3.95. The lowest BCUT2D eigenvalue weighted by Crippen LogP contribution is -2.46. The second kappa shape index (κ2) is 5.46. The Hall–Kier alpha value is -0.860. The molecule has 2 nitrogen and oxygen atoms in total. The lowest BCUT2D eigenvalue weighted by atomic mass is 10.0. The van der Waals surface area contributed by atoms with Crippen molar-refractivity contribution in [3.8, 4) is 0 Å². The molecule has 1 aromatic rings. The van der Waals surface area contributed by atoms with Crippen molar-refractivity contribution in [2.24, 2.45) is 0 Å². The number of aryl methyl sites for hydroxylation is 1. The van der Waals surface area contributed by atoms with Gasteiger partial charge < -0.3 is 10.2 Å². The number of nitrogens with one attached hydrogen (secondary N) is 1. The number of hydrogen-bond donors (Lipinski definition) is 1. The predicted octanol–water partition coefficient (Wildman–Crippen LogP) is 2.42. The van der Waals surface area contributed by atoms with E-state index in [1.807, 2.05) is 0 Å². The average Bonchev–Trinajstić information content (AvgIpc) is 2.20. The summed E-state index contributed by atoms with van der Waals surface area (Å²) in [4.78, 5) is 2.25. The van der Waals surface area contributed by atoms with E-state index in [-0.39, 0.29) is 5.54 Å². The van der Waals surface area contributed by atoms with Crippen LogP contribution < -0.4 is 5.32 Å². The summed E-state index contributed by atoms with van der Waals surface area (Å²) >= 11 is 0. The van der Waals surface area contributed by atoms with Crippen molar-refractivity contribution in [3.63, 3.8) is 0 Å². The van der Waals surface area contributed by atoms with Crippen LogP contribution in [0.1, 0.15) is 25.0 Å². The van der Waals surface area contributed by atoms with Crippen LogP contribution in [0.3, 0.4) is 0 Å². The van der Waals surface area contributed by atoms with Gasteiger partial charge in [-0.05, 0) is 40.4 Å². The van der Waals surface area contributed by atoms with Gasteiger partial charge in [-0.3, -0.25) is 0 Å². The first-order chi connectivity index (χ1) is 7.42. The van der Waals surface area contributed by atoms with Crippen LogP contribution in [0.4, 0.5) is 0 Å². The van der Waals surface area contributed by atoms with E-state index in [0.29, 0.717) is 0 Å². The standard InChI is InChI=1S/C14H24N2/c1-12-6-8-13(9-7-12)10-15-11-14(2,3)16(4)5/h6-9,15H,10-11H2,1-5H3. The molecule has 0 amide bonds. The predicted molar refractivity (Wildman–Crippen MR) is 70.7 cm³/mol. The summed E-state index contributed by atoms with van der Waals surface area (Å²) < 4.78 is 0. The summed E-state index contributed by atoms with van der Waals surface area (Å²) in [5.41, 5.74) is 2.86. The van der Waals surface area contributed by atoms with Crippen LogP contribution in [0.15, 0.2) is 24.3 Å². The highest BCUT2D eigenvalue weighted by Crippen LogP contribution is 2.08. The van der Waals surface area contributed by atoms with E-state index in [4.69, 9.17) is 0 Å². The Morgan fingerprint density at radius 2 is 1.69 bits per heavy atom. The zero-order chi connectivity index (χ0) is 12.2. The summed E-state index contributed by atoms with van der Waals surface area (Å²) in [6, 6.07) is 8.69. The van der Waals surface area contributed by atoms with Gasteiger partial charge >= 0.3 is 0 Å². The van der Waals surface area contributed by atoms with Crippen molar-refractivity contribution >= 4 is 0 Å². The first kappa shape index (κ1) is 13.2. The largest absolute Gasteiger partial charge is 0.311 e. The van der Waals surface area contributed by atoms with Gasteiger partial charge in [-0.25, -0.2) is 0 Å². The number of nitrogens with zero attached hydrogens (tertiary/aromatic N) is 1. The van der Waals surface area contributed by atoms with Gasteiger partial charge in [-0.15, -0.1) is 0 Å². The van der Waals surface area contributed by atoms with Crippen molar-refractivity contribution in [3.05, 3.63) is 35.4 Å². The van der Waals surface area contributed by atoms with Crippen LogP contribution in [-0.4, -0.2) is 31.1 Å². The van der Waals surface area contributed by atoms with Crippen LogP contribution in [0.5, 0.6) is 0 Å². The summed E-state index contributed by atoms with van der Waals surface area (Å²) in [5.74, 6) is 0. The van der Waals surface area contributed by atoms with Crippen molar-refractivity contribution in [1.82, 2.24) is 10.2 Å². The molecular formula is C14H24N2. The van der Waals surface area contributed by atoms with E-state index in [1.54, 1.807) is 0 Å². The Bertz CT molecular complexity index is 312. The fourth-order valence-electron chi connectivity index (χ4n) is 1.38. The van der Waals surface area contributed by atoms with Crippen LogP contribution in [-0.2, 0) is 6.54 Å². The third-order valence-corrected chi connectivity index (χ3v) is 3.22. The molecule has 0 aliphatic rings. The second-order valence-corrected chi connectivity index (χ2v) is 5.30. The topological polar surface area (TPSA) is 15.3 Å². The van der Waals surface area contributed by atoms with Gasteiger partial charge in [0.15, 0.2) is 0 Å². The van der Waals surface area contributed by atoms with Crippen molar-refractivity contribution in [2.45, 2.75) is 32.9 Å². The second-order valence-electron chi connectivity index (χ2n) is 5.30. The molecule has 0 heterocycles. The lowest BCUT2D eigenvalue weighted by Gasteiger charge is -2.32. The first-order valence-corrected chi connectivity index (χ1v) is 5.85. The summed E-state index contributed by atoms with van der Waals surface area (Å²) in [7, 11) is 4.24. The molecule has 1 aromatic carbocycles. The van der Waals surface area contributed by atoms with Gasteiger partial charge in [-0.1, -0.05) is 29.8 Å². The molecule has 1 rings (SSSR count). The molecule has 0 spiro atoms. The molecule has 16 heavy (non-hydrogen) atoms. The fraction of sp³-hybridized carbons (Fsp3) is 0.571. The summed E-state index contributed by atoms with van der Waals surface area (Å²) in [5, 5.41) is 3.50. The molecule has 0 fully saturated rings. The Morgan fingerprint density at radius 3 is 2.19 bits per heavy atom. The molecule has 0 radical (unpaired) electrons. The molecular weight excluding hydrogens is 196 g/mol. The monoisotopic (exact) mass is 220 g/mol. The summed E-state index contributed by atoms with van der Waals surface area (Å²) in [6.45, 7) is 8.54. The SMILES string of the molecule is Cc1ccc(CNCC(C)(C)N(C)C)cc1. The molecule has 0 atom stereocenters. The average molecular weight is 220 g/mol. The van der Waals surface area contributed by atoms with E-state index < -0.39 is 0 Å². The van der Waals surface area contributed by atoms with E-state index in [2.05, 4.69) is 69.3 Å². The Labute approximate surface area is 99.7 Å². The zero-order valence-electron chi connectivity index (χ0n) is 11.2. The molecule has 0 saturated carbocycles. The van der Waals surface area contributed by atoms with Crippen molar-refractivity contribution < 1.29 is 0 Å². The number of benzene rings is 1. The lowest BCUT2D eigenvalue weighted by molar-refractivity contribution is 0.190. The molecule has 0 unspecified atom stereocenters. The minimum Gasteiger partial charge on any atom is -0.311 e. The highest BCUT2D eigenvalue weighted by Gasteiger charge is 2.19. The van der Waals surface area contributed by atoms with Gasteiger partial charge in [0.2, 0.25) is 0 Å². The molecule has 1 N–H and O–H groups in total. The van der Waals surface area contributed by atoms with Gasteiger partial charge in [0, 0.05) is 18.6 Å². The maximum atomic E-state index is 3.50. The smallest absolute Gasteiger partial charge is 0.0271 e. The van der Waals surface area contributed by atoms with Gasteiger partial charge in [0.25, 0.3) is 0 Å². The van der Waals surface area contributed by atoms with E-state index in [9.17, 15) is 0 Å². The zero-order valence-corrected chi connectivity index (χ0v) is 11.2. The molecule has 2 heteroatoms. The van der Waals surface area contributed by atoms with Crippen molar-refractivity contribution in [2.75, 3.05) is 20.6 Å². The number of hydrogen-bond acceptors (Lipinski definition) is 2. The van der Waals surface area contributed by atoms with Crippen LogP contribution >= 0.6 is 0 Å². The normalized spacial score (nSPS) is 12.1.